The zero-order chi connectivity index (χ0) is 15.2. The Balaban J connectivity index is 2.01. The molecule has 0 aliphatic rings. The molecular weight excluding hydrogens is 266 g/mol. The predicted molar refractivity (Wildman–Crippen MR) is 80.5 cm³/mol. The van der Waals surface area contributed by atoms with Gasteiger partial charge in [0.1, 0.15) is 6.54 Å². The van der Waals surface area contributed by atoms with Gasteiger partial charge in [-0.15, -0.1) is 10.2 Å². The number of carbonyl (C=O) groups is 1. The fourth-order valence-electron chi connectivity index (χ4n) is 2.20. The number of amides is 1. The summed E-state index contributed by atoms with van der Waals surface area (Å²) < 4.78 is 0. The second kappa shape index (κ2) is 6.97. The maximum Gasteiger partial charge on any atom is 0.243 e. The highest BCUT2D eigenvalue weighted by Gasteiger charge is 2.12. The molecular formula is C15H21N5O. The van der Waals surface area contributed by atoms with Crippen molar-refractivity contribution in [3.63, 3.8) is 0 Å². The van der Waals surface area contributed by atoms with Crippen molar-refractivity contribution in [1.82, 2.24) is 25.5 Å². The van der Waals surface area contributed by atoms with Crippen LogP contribution in [0.5, 0.6) is 0 Å². The molecule has 0 saturated heterocycles. The van der Waals surface area contributed by atoms with Crippen LogP contribution in [-0.4, -0.2) is 32.2 Å². The molecule has 0 fully saturated rings. The summed E-state index contributed by atoms with van der Waals surface area (Å²) in [5, 5.41) is 15.1. The fraction of sp³-hybridized carbons (Fsp3) is 0.467. The first kappa shape index (κ1) is 15.2. The number of nitrogens with zero attached hydrogens (tertiary/aromatic N) is 4. The summed E-state index contributed by atoms with van der Waals surface area (Å²) in [6.07, 6.45) is 2.01. The highest BCUT2D eigenvalue weighted by atomic mass is 16.2. The van der Waals surface area contributed by atoms with Crippen molar-refractivity contribution in [2.45, 2.75) is 46.2 Å². The topological polar surface area (TPSA) is 72.7 Å². The van der Waals surface area contributed by atoms with E-state index in [0.29, 0.717) is 5.82 Å². The van der Waals surface area contributed by atoms with Crippen LogP contribution in [0, 0.1) is 6.92 Å². The van der Waals surface area contributed by atoms with E-state index in [0.717, 1.165) is 24.0 Å². The predicted octanol–water partition coefficient (Wildman–Crippen LogP) is 1.95. The Morgan fingerprint density at radius 1 is 1.38 bits per heavy atom. The second-order valence-corrected chi connectivity index (χ2v) is 5.22. The van der Waals surface area contributed by atoms with Crippen LogP contribution in [0.25, 0.3) is 11.4 Å². The summed E-state index contributed by atoms with van der Waals surface area (Å²) in [7, 11) is 0. The molecule has 1 atom stereocenters. The van der Waals surface area contributed by atoms with Gasteiger partial charge < -0.3 is 5.32 Å². The van der Waals surface area contributed by atoms with E-state index < -0.39 is 0 Å². The van der Waals surface area contributed by atoms with Crippen LogP contribution in [0.2, 0.25) is 0 Å². The third-order valence-corrected chi connectivity index (χ3v) is 3.25. The first-order chi connectivity index (χ1) is 10.1. The Kier molecular flexibility index (Phi) is 5.03. The lowest BCUT2D eigenvalue weighted by molar-refractivity contribution is -0.122. The maximum atomic E-state index is 11.9. The molecule has 1 aromatic carbocycles. The van der Waals surface area contributed by atoms with E-state index in [1.807, 2.05) is 38.1 Å². The minimum absolute atomic E-state index is 0.0902. The normalized spacial score (nSPS) is 12.1. The Labute approximate surface area is 124 Å². The van der Waals surface area contributed by atoms with Crippen LogP contribution < -0.4 is 5.32 Å². The summed E-state index contributed by atoms with van der Waals surface area (Å²) in [6.45, 7) is 6.17. The number of carbonyl (C=O) groups excluding carboxylic acids is 1. The number of aromatic nitrogens is 4. The zero-order valence-electron chi connectivity index (χ0n) is 12.7. The van der Waals surface area contributed by atoms with E-state index in [1.165, 1.54) is 4.80 Å². The van der Waals surface area contributed by atoms with Gasteiger partial charge in [0, 0.05) is 11.6 Å². The first-order valence-corrected chi connectivity index (χ1v) is 7.23. The van der Waals surface area contributed by atoms with Gasteiger partial charge in [0.25, 0.3) is 0 Å². The Morgan fingerprint density at radius 3 is 2.86 bits per heavy atom. The molecule has 0 bridgehead atoms. The van der Waals surface area contributed by atoms with Crippen LogP contribution in [-0.2, 0) is 11.3 Å². The summed E-state index contributed by atoms with van der Waals surface area (Å²) in [5.74, 6) is 0.451. The Bertz CT molecular complexity index is 608. The molecule has 2 rings (SSSR count). The number of rotatable bonds is 6. The minimum Gasteiger partial charge on any atom is -0.352 e. The molecule has 21 heavy (non-hydrogen) atoms. The van der Waals surface area contributed by atoms with Crippen molar-refractivity contribution >= 4 is 5.91 Å². The van der Waals surface area contributed by atoms with E-state index in [1.54, 1.807) is 0 Å². The van der Waals surface area contributed by atoms with Crippen LogP contribution in [0.15, 0.2) is 24.3 Å². The molecule has 0 aliphatic carbocycles. The first-order valence-electron chi connectivity index (χ1n) is 7.23. The number of hydrogen-bond donors (Lipinski definition) is 1. The quantitative estimate of drug-likeness (QED) is 0.881. The van der Waals surface area contributed by atoms with Gasteiger partial charge in [0.2, 0.25) is 11.7 Å². The highest BCUT2D eigenvalue weighted by Crippen LogP contribution is 2.17. The fourth-order valence-corrected chi connectivity index (χ4v) is 2.20. The Morgan fingerprint density at radius 2 is 2.14 bits per heavy atom. The maximum absolute atomic E-state index is 11.9. The average Bonchev–Trinajstić information content (AvgIpc) is 2.87. The molecule has 1 N–H and O–H groups in total. The largest absolute Gasteiger partial charge is 0.352 e. The van der Waals surface area contributed by atoms with Crippen molar-refractivity contribution in [2.75, 3.05) is 0 Å². The van der Waals surface area contributed by atoms with Crippen molar-refractivity contribution in [2.24, 2.45) is 0 Å². The molecule has 6 nitrogen and oxygen atoms in total. The van der Waals surface area contributed by atoms with Gasteiger partial charge in [0.05, 0.1) is 0 Å². The lowest BCUT2D eigenvalue weighted by Gasteiger charge is -2.11. The number of aryl methyl sites for hydroxylation is 1. The van der Waals surface area contributed by atoms with Gasteiger partial charge in [-0.1, -0.05) is 37.6 Å². The standard InChI is InChI=1S/C15H21N5O/c1-4-7-12(3)16-14(21)10-20-18-15(17-19-20)13-9-6-5-8-11(13)2/h5-6,8-9,12H,4,7,10H2,1-3H3,(H,16,21)/t12-/m0/s1. The van der Waals surface area contributed by atoms with Gasteiger partial charge >= 0.3 is 0 Å². The van der Waals surface area contributed by atoms with Gasteiger partial charge in [-0.25, -0.2) is 0 Å². The van der Waals surface area contributed by atoms with Crippen LogP contribution in [0.1, 0.15) is 32.3 Å². The van der Waals surface area contributed by atoms with E-state index in [4.69, 9.17) is 0 Å². The third kappa shape index (κ3) is 4.11. The second-order valence-electron chi connectivity index (χ2n) is 5.22. The molecule has 1 heterocycles. The van der Waals surface area contributed by atoms with Gasteiger partial charge in [-0.2, -0.15) is 4.80 Å². The molecule has 0 spiro atoms. The van der Waals surface area contributed by atoms with E-state index >= 15 is 0 Å². The molecule has 2 aromatic rings. The molecule has 1 amide bonds. The minimum atomic E-state index is -0.0929. The van der Waals surface area contributed by atoms with E-state index in [-0.39, 0.29) is 18.5 Å². The lowest BCUT2D eigenvalue weighted by atomic mass is 10.1. The number of nitrogens with one attached hydrogen (secondary N) is 1. The summed E-state index contributed by atoms with van der Waals surface area (Å²) in [4.78, 5) is 13.2. The van der Waals surface area contributed by atoms with Crippen molar-refractivity contribution in [3.05, 3.63) is 29.8 Å². The molecule has 0 unspecified atom stereocenters. The molecule has 0 aliphatic heterocycles. The van der Waals surface area contributed by atoms with Gasteiger partial charge in [-0.3, -0.25) is 4.79 Å². The van der Waals surface area contributed by atoms with Crippen LogP contribution in [0.3, 0.4) is 0 Å². The SMILES string of the molecule is CCC[C@H](C)NC(=O)Cn1nnc(-c2ccccc2C)n1. The lowest BCUT2D eigenvalue weighted by Crippen LogP contribution is -2.35. The third-order valence-electron chi connectivity index (χ3n) is 3.25. The zero-order valence-corrected chi connectivity index (χ0v) is 12.7. The summed E-state index contributed by atoms with van der Waals surface area (Å²) in [6, 6.07) is 8.00. The van der Waals surface area contributed by atoms with Gasteiger partial charge in [0.15, 0.2) is 0 Å². The summed E-state index contributed by atoms with van der Waals surface area (Å²) >= 11 is 0. The van der Waals surface area contributed by atoms with E-state index in [9.17, 15) is 4.79 Å². The number of tetrazole rings is 1. The number of benzene rings is 1. The van der Waals surface area contributed by atoms with E-state index in [2.05, 4.69) is 27.7 Å². The molecule has 0 radical (unpaired) electrons. The summed E-state index contributed by atoms with van der Waals surface area (Å²) in [5.41, 5.74) is 2.02. The molecule has 0 saturated carbocycles. The van der Waals surface area contributed by atoms with Crippen molar-refractivity contribution in [1.29, 1.82) is 0 Å². The van der Waals surface area contributed by atoms with Crippen molar-refractivity contribution < 1.29 is 4.79 Å². The smallest absolute Gasteiger partial charge is 0.243 e. The highest BCUT2D eigenvalue weighted by molar-refractivity contribution is 5.75. The molecule has 6 heteroatoms. The average molecular weight is 287 g/mol. The molecule has 1 aromatic heterocycles. The van der Waals surface area contributed by atoms with Crippen LogP contribution >= 0.6 is 0 Å². The van der Waals surface area contributed by atoms with Crippen molar-refractivity contribution in [3.8, 4) is 11.4 Å². The molecule has 112 valence electrons. The Hall–Kier alpha value is -2.24. The van der Waals surface area contributed by atoms with Crippen LogP contribution in [0.4, 0.5) is 0 Å². The monoisotopic (exact) mass is 287 g/mol. The van der Waals surface area contributed by atoms with Gasteiger partial charge in [-0.05, 0) is 31.0 Å². The number of hydrogen-bond acceptors (Lipinski definition) is 4.